The lowest BCUT2D eigenvalue weighted by Crippen LogP contribution is -1.91. The Morgan fingerprint density at radius 2 is 2.35 bits per heavy atom. The van der Waals surface area contributed by atoms with Gasteiger partial charge in [0.15, 0.2) is 0 Å². The molecule has 0 amide bonds. The van der Waals surface area contributed by atoms with Gasteiger partial charge in [-0.1, -0.05) is 28.1 Å². The van der Waals surface area contributed by atoms with Gasteiger partial charge < -0.3 is 5.73 Å². The number of nitrogen functional groups attached to an aromatic ring is 1. The van der Waals surface area contributed by atoms with Crippen LogP contribution in [0.15, 0.2) is 33.2 Å². The number of aryl methyl sites for hydroxylation is 1. The molecule has 6 heteroatoms. The van der Waals surface area contributed by atoms with Crippen LogP contribution in [0.3, 0.4) is 0 Å². The number of aromatic nitrogens is 1. The van der Waals surface area contributed by atoms with Gasteiger partial charge in [-0.05, 0) is 24.1 Å². The highest BCUT2D eigenvalue weighted by molar-refractivity contribution is 9.10. The maximum Gasteiger partial charge on any atom is 0.205 e. The van der Waals surface area contributed by atoms with Crippen LogP contribution in [-0.2, 0) is 0 Å². The highest BCUT2D eigenvalue weighted by atomic mass is 79.9. The fraction of sp³-hybridized carbons (Fsp3) is 0.0909. The van der Waals surface area contributed by atoms with Crippen molar-refractivity contribution in [1.82, 2.24) is 4.98 Å². The number of nitrogens with one attached hydrogen (secondary N) is 1. The maximum absolute atomic E-state index is 5.50. The summed E-state index contributed by atoms with van der Waals surface area (Å²) in [6.07, 6.45) is 1.74. The van der Waals surface area contributed by atoms with Crippen molar-refractivity contribution in [2.75, 3.05) is 11.2 Å². The van der Waals surface area contributed by atoms with Gasteiger partial charge in [0, 0.05) is 9.85 Å². The second kappa shape index (κ2) is 5.29. The average molecular weight is 311 g/mol. The van der Waals surface area contributed by atoms with E-state index < -0.39 is 0 Å². The number of hydrazone groups is 1. The predicted molar refractivity (Wildman–Crippen MR) is 76.6 cm³/mol. The molecule has 1 aromatic heterocycles. The molecule has 0 aliphatic heterocycles. The van der Waals surface area contributed by atoms with Gasteiger partial charge >= 0.3 is 0 Å². The van der Waals surface area contributed by atoms with E-state index in [4.69, 9.17) is 5.73 Å². The van der Waals surface area contributed by atoms with E-state index in [-0.39, 0.29) is 0 Å². The third-order valence-corrected chi connectivity index (χ3v) is 3.71. The molecule has 17 heavy (non-hydrogen) atoms. The standard InChI is InChI=1S/C11H11BrN4S/c1-7-2-3-8(4-9(7)12)5-14-16-11-15-10(13)6-17-11/h2-6H,13H2,1H3,(H,15,16). The van der Waals surface area contributed by atoms with Crippen LogP contribution in [0.5, 0.6) is 0 Å². The fourth-order valence-corrected chi connectivity index (χ4v) is 2.13. The second-order valence-corrected chi connectivity index (χ2v) is 5.17. The molecule has 88 valence electrons. The van der Waals surface area contributed by atoms with Gasteiger partial charge in [-0.25, -0.2) is 4.98 Å². The SMILES string of the molecule is Cc1ccc(C=NNc2nc(N)cs2)cc1Br. The number of nitrogens with two attached hydrogens (primary N) is 1. The van der Waals surface area contributed by atoms with E-state index in [2.05, 4.69) is 31.4 Å². The molecule has 0 aliphatic carbocycles. The molecule has 2 aromatic rings. The molecule has 3 N–H and O–H groups in total. The number of nitrogens with zero attached hydrogens (tertiary/aromatic N) is 2. The molecule has 0 bridgehead atoms. The number of rotatable bonds is 3. The molecule has 0 fully saturated rings. The van der Waals surface area contributed by atoms with Gasteiger partial charge in [0.2, 0.25) is 5.13 Å². The molecular formula is C11H11BrN4S. The summed E-state index contributed by atoms with van der Waals surface area (Å²) in [4.78, 5) is 4.04. The quantitative estimate of drug-likeness (QED) is 0.675. The van der Waals surface area contributed by atoms with Gasteiger partial charge in [-0.15, -0.1) is 11.3 Å². The smallest absolute Gasteiger partial charge is 0.205 e. The zero-order valence-corrected chi connectivity index (χ0v) is 11.5. The van der Waals surface area contributed by atoms with Gasteiger partial charge in [-0.2, -0.15) is 5.10 Å². The van der Waals surface area contributed by atoms with Crippen LogP contribution in [-0.4, -0.2) is 11.2 Å². The van der Waals surface area contributed by atoms with Gasteiger partial charge in [0.05, 0.1) is 6.21 Å². The summed E-state index contributed by atoms with van der Waals surface area (Å²) in [6.45, 7) is 2.04. The van der Waals surface area contributed by atoms with Crippen LogP contribution in [0, 0.1) is 6.92 Å². The highest BCUT2D eigenvalue weighted by Gasteiger charge is 1.96. The molecule has 0 aliphatic rings. The van der Waals surface area contributed by atoms with E-state index in [0.717, 1.165) is 10.0 Å². The lowest BCUT2D eigenvalue weighted by molar-refractivity contribution is 1.29. The molecule has 0 saturated heterocycles. The lowest BCUT2D eigenvalue weighted by atomic mass is 10.2. The summed E-state index contributed by atoms with van der Waals surface area (Å²) in [5, 5.41) is 6.54. The first kappa shape index (κ1) is 12.1. The first-order valence-electron chi connectivity index (χ1n) is 4.91. The molecular weight excluding hydrogens is 300 g/mol. The monoisotopic (exact) mass is 310 g/mol. The first-order chi connectivity index (χ1) is 8.15. The Morgan fingerprint density at radius 3 is 3.00 bits per heavy atom. The van der Waals surface area contributed by atoms with Crippen molar-refractivity contribution < 1.29 is 0 Å². The number of thiazole rings is 1. The molecule has 1 aromatic carbocycles. The zero-order chi connectivity index (χ0) is 12.3. The van der Waals surface area contributed by atoms with E-state index in [1.807, 2.05) is 25.1 Å². The summed E-state index contributed by atoms with van der Waals surface area (Å²) in [5.74, 6) is 0.505. The Bertz CT molecular complexity index is 550. The second-order valence-electron chi connectivity index (χ2n) is 3.46. The van der Waals surface area contributed by atoms with Crippen molar-refractivity contribution in [2.45, 2.75) is 6.92 Å². The lowest BCUT2D eigenvalue weighted by Gasteiger charge is -1.99. The van der Waals surface area contributed by atoms with Crippen molar-refractivity contribution in [3.8, 4) is 0 Å². The molecule has 0 unspecified atom stereocenters. The van der Waals surface area contributed by atoms with E-state index in [9.17, 15) is 0 Å². The summed E-state index contributed by atoms with van der Waals surface area (Å²) in [6, 6.07) is 6.05. The fourth-order valence-electron chi connectivity index (χ4n) is 1.19. The van der Waals surface area contributed by atoms with Crippen LogP contribution in [0.4, 0.5) is 10.9 Å². The summed E-state index contributed by atoms with van der Waals surface area (Å²) in [7, 11) is 0. The Hall–Kier alpha value is -1.40. The molecule has 2 rings (SSSR count). The Balaban J connectivity index is 2.03. The minimum absolute atomic E-state index is 0.505. The zero-order valence-electron chi connectivity index (χ0n) is 9.14. The van der Waals surface area contributed by atoms with Crippen molar-refractivity contribution in [3.63, 3.8) is 0 Å². The Kier molecular flexibility index (Phi) is 3.75. The number of hydrogen-bond donors (Lipinski definition) is 2. The molecule has 0 saturated carbocycles. The predicted octanol–water partition coefficient (Wildman–Crippen LogP) is 3.24. The van der Waals surface area contributed by atoms with Crippen molar-refractivity contribution >= 4 is 44.4 Å². The van der Waals surface area contributed by atoms with E-state index in [0.29, 0.717) is 10.9 Å². The van der Waals surface area contributed by atoms with Crippen LogP contribution in [0.25, 0.3) is 0 Å². The van der Waals surface area contributed by atoms with Crippen molar-refractivity contribution in [3.05, 3.63) is 39.2 Å². The largest absolute Gasteiger partial charge is 0.383 e. The van der Waals surface area contributed by atoms with E-state index in [1.54, 1.807) is 11.6 Å². The van der Waals surface area contributed by atoms with Crippen molar-refractivity contribution in [1.29, 1.82) is 0 Å². The van der Waals surface area contributed by atoms with Crippen molar-refractivity contribution in [2.24, 2.45) is 5.10 Å². The summed E-state index contributed by atoms with van der Waals surface area (Å²) >= 11 is 4.90. The van der Waals surface area contributed by atoms with Gasteiger partial charge in [0.25, 0.3) is 0 Å². The summed E-state index contributed by atoms with van der Waals surface area (Å²) in [5.41, 5.74) is 10.5. The Labute approximate surface area is 112 Å². The number of benzene rings is 1. The topological polar surface area (TPSA) is 63.3 Å². The third kappa shape index (κ3) is 3.28. The van der Waals surface area contributed by atoms with Crippen LogP contribution in [0.2, 0.25) is 0 Å². The van der Waals surface area contributed by atoms with Gasteiger partial charge in [0.1, 0.15) is 5.82 Å². The minimum Gasteiger partial charge on any atom is -0.383 e. The van der Waals surface area contributed by atoms with E-state index in [1.165, 1.54) is 16.9 Å². The molecule has 0 atom stereocenters. The molecule has 0 radical (unpaired) electrons. The Morgan fingerprint density at radius 1 is 1.53 bits per heavy atom. The maximum atomic E-state index is 5.50. The summed E-state index contributed by atoms with van der Waals surface area (Å²) < 4.78 is 1.07. The van der Waals surface area contributed by atoms with Gasteiger partial charge in [-0.3, -0.25) is 5.43 Å². The molecule has 4 nitrogen and oxygen atoms in total. The normalized spacial score (nSPS) is 10.9. The van der Waals surface area contributed by atoms with Crippen LogP contribution < -0.4 is 11.2 Å². The number of halogens is 1. The van der Waals surface area contributed by atoms with E-state index >= 15 is 0 Å². The molecule has 0 spiro atoms. The average Bonchev–Trinajstić information content (AvgIpc) is 2.70. The first-order valence-corrected chi connectivity index (χ1v) is 6.58. The molecule has 1 heterocycles. The van der Waals surface area contributed by atoms with Crippen LogP contribution >= 0.6 is 27.3 Å². The minimum atomic E-state index is 0.505. The number of hydrogen-bond acceptors (Lipinski definition) is 5. The highest BCUT2D eigenvalue weighted by Crippen LogP contribution is 2.17. The number of anilines is 2. The third-order valence-electron chi connectivity index (χ3n) is 2.09. The van der Waals surface area contributed by atoms with Crippen LogP contribution in [0.1, 0.15) is 11.1 Å².